The molecule has 0 aliphatic rings. The van der Waals surface area contributed by atoms with E-state index >= 15 is 0 Å². The molecule has 0 aromatic heterocycles. The molecule has 0 bridgehead atoms. The summed E-state index contributed by atoms with van der Waals surface area (Å²) < 4.78 is 6.57. The minimum Gasteiger partial charge on any atom is -0.496 e. The monoisotopic (exact) mass is 355 g/mol. The van der Waals surface area contributed by atoms with E-state index in [0.717, 1.165) is 10.2 Å². The van der Waals surface area contributed by atoms with Gasteiger partial charge in [0.1, 0.15) is 5.75 Å². The Morgan fingerprint density at radius 1 is 1.10 bits per heavy atom. The van der Waals surface area contributed by atoms with Crippen molar-refractivity contribution in [1.29, 1.82) is 0 Å². The molecule has 3 heteroatoms. The highest BCUT2D eigenvalue weighted by atomic mass is 79.9. The Hall–Kier alpha value is -0.540. The number of hydrogen-bond acceptors (Lipinski definition) is 2. The van der Waals surface area contributed by atoms with Crippen molar-refractivity contribution < 1.29 is 4.74 Å². The Bertz CT molecular complexity index is 395. The molecule has 0 fully saturated rings. The van der Waals surface area contributed by atoms with Crippen LogP contribution in [0, 0.1) is 0 Å². The van der Waals surface area contributed by atoms with Gasteiger partial charge in [0, 0.05) is 16.1 Å². The number of unbranched alkanes of at least 4 members (excludes halogenated alkanes) is 6. The molecule has 1 rings (SSSR count). The van der Waals surface area contributed by atoms with Crippen molar-refractivity contribution in [2.24, 2.45) is 0 Å². The van der Waals surface area contributed by atoms with Crippen LogP contribution in [-0.4, -0.2) is 14.2 Å². The van der Waals surface area contributed by atoms with Crippen molar-refractivity contribution in [3.8, 4) is 5.75 Å². The first-order valence-electron chi connectivity index (χ1n) is 8.23. The number of ether oxygens (including phenoxy) is 1. The lowest BCUT2D eigenvalue weighted by Gasteiger charge is -2.19. The zero-order valence-electron chi connectivity index (χ0n) is 13.8. The van der Waals surface area contributed by atoms with E-state index in [1.807, 2.05) is 13.1 Å². The van der Waals surface area contributed by atoms with Crippen LogP contribution in [0.1, 0.15) is 69.9 Å². The van der Waals surface area contributed by atoms with Gasteiger partial charge in [-0.2, -0.15) is 0 Å². The van der Waals surface area contributed by atoms with Gasteiger partial charge in [0.2, 0.25) is 0 Å². The molecule has 0 aliphatic carbocycles. The Kier molecular flexibility index (Phi) is 9.77. The number of benzene rings is 1. The van der Waals surface area contributed by atoms with Crippen molar-refractivity contribution in [2.75, 3.05) is 14.2 Å². The third-order valence-corrected chi connectivity index (χ3v) is 4.51. The first-order chi connectivity index (χ1) is 10.2. The second-order valence-electron chi connectivity index (χ2n) is 5.64. The lowest BCUT2D eigenvalue weighted by molar-refractivity contribution is 0.396. The molecule has 0 aliphatic heterocycles. The summed E-state index contributed by atoms with van der Waals surface area (Å²) in [6, 6.07) is 6.67. The molecular formula is C18H30BrNO. The fraction of sp³-hybridized carbons (Fsp3) is 0.667. The van der Waals surface area contributed by atoms with Crippen molar-refractivity contribution in [3.63, 3.8) is 0 Å². The predicted octanol–water partition coefficient (Wildman–Crippen LogP) is 5.86. The molecule has 1 aromatic rings. The van der Waals surface area contributed by atoms with Gasteiger partial charge < -0.3 is 10.1 Å². The number of methoxy groups -OCH3 is 1. The normalized spacial score (nSPS) is 12.4. The van der Waals surface area contributed by atoms with Crippen molar-refractivity contribution in [2.45, 2.75) is 64.3 Å². The van der Waals surface area contributed by atoms with Crippen LogP contribution in [0.5, 0.6) is 5.75 Å². The zero-order valence-corrected chi connectivity index (χ0v) is 15.3. The summed E-state index contributed by atoms with van der Waals surface area (Å²) in [5.41, 5.74) is 1.26. The maximum absolute atomic E-state index is 5.51. The molecular weight excluding hydrogens is 326 g/mol. The predicted molar refractivity (Wildman–Crippen MR) is 95.1 cm³/mol. The van der Waals surface area contributed by atoms with E-state index < -0.39 is 0 Å². The van der Waals surface area contributed by atoms with Gasteiger partial charge in [-0.05, 0) is 25.6 Å². The van der Waals surface area contributed by atoms with Crippen LogP contribution in [0.25, 0.3) is 0 Å². The summed E-state index contributed by atoms with van der Waals surface area (Å²) in [4.78, 5) is 0. The standard InChI is InChI=1S/C18H30BrNO/c1-4-5-6-7-8-9-10-11-17(20-2)16-13-12-15(19)14-18(16)21-3/h12-14,17,20H,4-11H2,1-3H3. The van der Waals surface area contributed by atoms with Crippen LogP contribution in [-0.2, 0) is 0 Å². The largest absolute Gasteiger partial charge is 0.496 e. The second-order valence-corrected chi connectivity index (χ2v) is 6.55. The van der Waals surface area contributed by atoms with Crippen molar-refractivity contribution in [1.82, 2.24) is 5.32 Å². The molecule has 1 atom stereocenters. The van der Waals surface area contributed by atoms with E-state index in [2.05, 4.69) is 40.3 Å². The Morgan fingerprint density at radius 2 is 1.76 bits per heavy atom. The van der Waals surface area contributed by atoms with E-state index in [0.29, 0.717) is 6.04 Å². The summed E-state index contributed by atoms with van der Waals surface area (Å²) in [6.45, 7) is 2.27. The van der Waals surface area contributed by atoms with Crippen LogP contribution in [0.4, 0.5) is 0 Å². The van der Waals surface area contributed by atoms with E-state index in [-0.39, 0.29) is 0 Å². The Balaban J connectivity index is 2.41. The molecule has 2 nitrogen and oxygen atoms in total. The van der Waals surface area contributed by atoms with Gasteiger partial charge in [0.25, 0.3) is 0 Å². The lowest BCUT2D eigenvalue weighted by atomic mass is 9.99. The quantitative estimate of drug-likeness (QED) is 0.502. The second kappa shape index (κ2) is 11.1. The zero-order chi connectivity index (χ0) is 15.5. The van der Waals surface area contributed by atoms with Crippen molar-refractivity contribution in [3.05, 3.63) is 28.2 Å². The number of nitrogens with one attached hydrogen (secondary N) is 1. The number of halogens is 1. The molecule has 0 saturated carbocycles. The van der Waals surface area contributed by atoms with Crippen molar-refractivity contribution >= 4 is 15.9 Å². The molecule has 1 aromatic carbocycles. The molecule has 0 spiro atoms. The van der Waals surface area contributed by atoms with Gasteiger partial charge in [0.15, 0.2) is 0 Å². The first kappa shape index (κ1) is 18.5. The van der Waals surface area contributed by atoms with Crippen LogP contribution >= 0.6 is 15.9 Å². The minimum atomic E-state index is 0.378. The van der Waals surface area contributed by atoms with E-state index in [1.165, 1.54) is 56.9 Å². The van der Waals surface area contributed by atoms with Gasteiger partial charge in [-0.1, -0.05) is 73.9 Å². The molecule has 0 radical (unpaired) electrons. The number of rotatable bonds is 11. The van der Waals surface area contributed by atoms with Gasteiger partial charge >= 0.3 is 0 Å². The fourth-order valence-corrected chi connectivity index (χ4v) is 3.07. The highest BCUT2D eigenvalue weighted by Crippen LogP contribution is 2.31. The van der Waals surface area contributed by atoms with Gasteiger partial charge in [-0.15, -0.1) is 0 Å². The average molecular weight is 356 g/mol. The van der Waals surface area contributed by atoms with Crippen LogP contribution < -0.4 is 10.1 Å². The van der Waals surface area contributed by atoms with E-state index in [1.54, 1.807) is 7.11 Å². The fourth-order valence-electron chi connectivity index (χ4n) is 2.73. The third-order valence-electron chi connectivity index (χ3n) is 4.02. The van der Waals surface area contributed by atoms with Gasteiger partial charge in [0.05, 0.1) is 7.11 Å². The Labute approximate surface area is 138 Å². The summed E-state index contributed by atoms with van der Waals surface area (Å²) in [5, 5.41) is 3.43. The molecule has 0 saturated heterocycles. The van der Waals surface area contributed by atoms with Crippen LogP contribution in [0.2, 0.25) is 0 Å². The maximum atomic E-state index is 5.51. The smallest absolute Gasteiger partial charge is 0.124 e. The Morgan fingerprint density at radius 3 is 2.38 bits per heavy atom. The topological polar surface area (TPSA) is 21.3 Å². The maximum Gasteiger partial charge on any atom is 0.124 e. The minimum absolute atomic E-state index is 0.378. The SMILES string of the molecule is CCCCCCCCCC(NC)c1ccc(Br)cc1OC. The molecule has 120 valence electrons. The molecule has 0 amide bonds. The average Bonchev–Trinajstić information content (AvgIpc) is 2.50. The number of hydrogen-bond donors (Lipinski definition) is 1. The summed E-state index contributed by atoms with van der Waals surface area (Å²) in [7, 11) is 3.78. The summed E-state index contributed by atoms with van der Waals surface area (Å²) in [6.07, 6.45) is 10.6. The summed E-state index contributed by atoms with van der Waals surface area (Å²) in [5.74, 6) is 0.965. The van der Waals surface area contributed by atoms with E-state index in [9.17, 15) is 0 Å². The summed E-state index contributed by atoms with van der Waals surface area (Å²) >= 11 is 3.50. The van der Waals surface area contributed by atoms with Gasteiger partial charge in [-0.3, -0.25) is 0 Å². The van der Waals surface area contributed by atoms with Crippen LogP contribution in [0.15, 0.2) is 22.7 Å². The molecule has 0 heterocycles. The molecule has 1 N–H and O–H groups in total. The highest BCUT2D eigenvalue weighted by molar-refractivity contribution is 9.10. The molecule has 1 unspecified atom stereocenters. The lowest BCUT2D eigenvalue weighted by Crippen LogP contribution is -2.17. The first-order valence-corrected chi connectivity index (χ1v) is 9.03. The van der Waals surface area contributed by atoms with E-state index in [4.69, 9.17) is 4.74 Å². The highest BCUT2D eigenvalue weighted by Gasteiger charge is 2.14. The molecule has 21 heavy (non-hydrogen) atoms. The van der Waals surface area contributed by atoms with Gasteiger partial charge in [-0.25, -0.2) is 0 Å². The third kappa shape index (κ3) is 6.84. The van der Waals surface area contributed by atoms with Crippen LogP contribution in [0.3, 0.4) is 0 Å².